The molecule has 1 radical (unpaired) electrons. The summed E-state index contributed by atoms with van der Waals surface area (Å²) in [7, 11) is 0. The van der Waals surface area contributed by atoms with Crippen LogP contribution < -0.4 is 0 Å². The molecule has 33 heavy (non-hydrogen) atoms. The first-order valence-electron chi connectivity index (χ1n) is 12.9. The maximum absolute atomic E-state index is 11.8. The average Bonchev–Trinajstić information content (AvgIpc) is 3.02. The zero-order chi connectivity index (χ0) is 25.4. The van der Waals surface area contributed by atoms with Crippen LogP contribution in [-0.2, 0) is 56.9 Å². The molecule has 1 heterocycles. The molecule has 5 heteroatoms. The number of ketones is 1. The van der Waals surface area contributed by atoms with E-state index >= 15 is 0 Å². The standard InChI is InChI=1S/C12H23O.C11H19N3.C3H7.C2H6.Y/c1-9(8-11(2,3)4)10(13)12(5,6)7;1-2-9-14-11-8-6-4-3-5-7-10(11)12-13-14;1-3-2;1-2;/h9H,1,8H2,2-7H3;2-9H2,1H3;1,3H2,2H3;1-2H3;/q-1;;-1;;. The second kappa shape index (κ2) is 20.1. The fourth-order valence-corrected chi connectivity index (χ4v) is 3.61. The van der Waals surface area contributed by atoms with Crippen LogP contribution in [-0.4, -0.2) is 20.8 Å². The molecule has 0 spiro atoms. The molecule has 0 amide bonds. The minimum atomic E-state index is -0.252. The molecule has 193 valence electrons. The average molecular weight is 539 g/mol. The van der Waals surface area contributed by atoms with E-state index in [1.165, 1.54) is 43.5 Å². The van der Waals surface area contributed by atoms with Gasteiger partial charge in [0.15, 0.2) is 0 Å². The molecule has 1 aromatic heterocycles. The van der Waals surface area contributed by atoms with Gasteiger partial charge < -0.3 is 18.6 Å². The van der Waals surface area contributed by atoms with Crippen molar-refractivity contribution < 1.29 is 37.5 Å². The molecule has 0 aromatic carbocycles. The van der Waals surface area contributed by atoms with E-state index < -0.39 is 0 Å². The van der Waals surface area contributed by atoms with Crippen molar-refractivity contribution >= 4 is 5.78 Å². The molecule has 0 saturated carbocycles. The predicted octanol–water partition coefficient (Wildman–Crippen LogP) is 8.09. The number of hydrogen-bond acceptors (Lipinski definition) is 3. The minimum Gasteiger partial charge on any atom is -0.344 e. The smallest absolute Gasteiger partial charge is 0.111 e. The Labute approximate surface area is 232 Å². The number of nitrogens with zero attached hydrogens (tertiary/aromatic N) is 3. The molecule has 0 saturated heterocycles. The fourth-order valence-electron chi connectivity index (χ4n) is 3.61. The SMILES string of the molecule is CC.CCCn1nnc2c1CCCCCC2.[CH2-]C(CC(C)(C)C)C(=O)C(C)(C)C.[CH2-]CC.[Y]. The van der Waals surface area contributed by atoms with Crippen molar-refractivity contribution in [2.75, 3.05) is 0 Å². The Hall–Kier alpha value is -0.0861. The molecule has 1 aliphatic carbocycles. The molecule has 1 atom stereocenters. The Morgan fingerprint density at radius 3 is 1.91 bits per heavy atom. The van der Waals surface area contributed by atoms with Crippen molar-refractivity contribution in [1.29, 1.82) is 0 Å². The third kappa shape index (κ3) is 17.9. The van der Waals surface area contributed by atoms with Crippen LogP contribution in [0, 0.1) is 30.6 Å². The van der Waals surface area contributed by atoms with Crippen LogP contribution in [0.4, 0.5) is 0 Å². The molecule has 0 N–H and O–H groups in total. The Morgan fingerprint density at radius 1 is 1.00 bits per heavy atom. The van der Waals surface area contributed by atoms with Gasteiger partial charge in [-0.2, -0.15) is 6.42 Å². The molecular weight excluding hydrogens is 483 g/mol. The molecule has 1 unspecified atom stereocenters. The summed E-state index contributed by atoms with van der Waals surface area (Å²) in [5.74, 6) is 0.197. The van der Waals surface area contributed by atoms with E-state index in [1.54, 1.807) is 0 Å². The van der Waals surface area contributed by atoms with E-state index in [-0.39, 0.29) is 55.2 Å². The zero-order valence-electron chi connectivity index (χ0n) is 23.9. The maximum Gasteiger partial charge on any atom is 0.111 e. The van der Waals surface area contributed by atoms with Gasteiger partial charge in [-0.05, 0) is 37.5 Å². The first kappa shape index (κ1) is 37.5. The van der Waals surface area contributed by atoms with Crippen LogP contribution in [0.1, 0.15) is 126 Å². The van der Waals surface area contributed by atoms with Gasteiger partial charge in [0, 0.05) is 44.7 Å². The Kier molecular flexibility index (Phi) is 22.9. The van der Waals surface area contributed by atoms with Gasteiger partial charge in [0.25, 0.3) is 0 Å². The molecular formula is C28H55N3OY-2. The topological polar surface area (TPSA) is 47.8 Å². The summed E-state index contributed by atoms with van der Waals surface area (Å²) in [6.07, 6.45) is 10.7. The third-order valence-corrected chi connectivity index (χ3v) is 4.90. The van der Waals surface area contributed by atoms with Crippen molar-refractivity contribution in [2.45, 2.75) is 134 Å². The Bertz CT molecular complexity index is 584. The number of aryl methyl sites for hydroxylation is 2. The number of Topliss-reactive ketones (excluding diaryl/α,β-unsaturated/α-hetero) is 1. The van der Waals surface area contributed by atoms with E-state index in [0.29, 0.717) is 0 Å². The molecule has 2 rings (SSSR count). The second-order valence-corrected chi connectivity index (χ2v) is 10.7. The van der Waals surface area contributed by atoms with Gasteiger partial charge in [0.1, 0.15) is 5.78 Å². The van der Waals surface area contributed by atoms with Crippen molar-refractivity contribution in [3.8, 4) is 0 Å². The number of carbonyl (C=O) groups excluding carboxylic acids is 1. The molecule has 1 aliphatic rings. The third-order valence-electron chi connectivity index (χ3n) is 4.90. The van der Waals surface area contributed by atoms with Gasteiger partial charge in [0.2, 0.25) is 0 Å². The van der Waals surface area contributed by atoms with Gasteiger partial charge >= 0.3 is 0 Å². The van der Waals surface area contributed by atoms with Gasteiger partial charge in [-0.25, -0.2) is 4.68 Å². The monoisotopic (exact) mass is 538 g/mol. The summed E-state index contributed by atoms with van der Waals surface area (Å²) >= 11 is 0. The first-order chi connectivity index (χ1) is 14.9. The van der Waals surface area contributed by atoms with Crippen LogP contribution in [0.15, 0.2) is 0 Å². The van der Waals surface area contributed by atoms with E-state index in [1.807, 2.05) is 41.5 Å². The summed E-state index contributed by atoms with van der Waals surface area (Å²) in [6.45, 7) is 28.9. The summed E-state index contributed by atoms with van der Waals surface area (Å²) in [5.41, 5.74) is 2.61. The van der Waals surface area contributed by atoms with E-state index in [9.17, 15) is 4.79 Å². The van der Waals surface area contributed by atoms with Crippen molar-refractivity contribution in [3.63, 3.8) is 0 Å². The fraction of sp³-hybridized carbons (Fsp3) is 0.821. The number of hydrogen-bond donors (Lipinski definition) is 0. The number of rotatable bonds is 4. The van der Waals surface area contributed by atoms with Crippen molar-refractivity contribution in [1.82, 2.24) is 15.0 Å². The van der Waals surface area contributed by atoms with Crippen LogP contribution in [0.2, 0.25) is 0 Å². The van der Waals surface area contributed by atoms with E-state index in [2.05, 4.69) is 56.5 Å². The van der Waals surface area contributed by atoms with Gasteiger partial charge in [-0.3, -0.25) is 0 Å². The Morgan fingerprint density at radius 2 is 1.48 bits per heavy atom. The number of carbonyl (C=O) groups is 1. The van der Waals surface area contributed by atoms with Gasteiger partial charge in [-0.15, -0.1) is 11.0 Å². The minimum absolute atomic E-state index is 0. The van der Waals surface area contributed by atoms with Crippen LogP contribution >= 0.6 is 0 Å². The summed E-state index contributed by atoms with van der Waals surface area (Å²) in [6, 6.07) is 0. The molecule has 4 nitrogen and oxygen atoms in total. The number of aromatic nitrogens is 3. The normalized spacial score (nSPS) is 14.2. The zero-order valence-corrected chi connectivity index (χ0v) is 26.7. The summed E-state index contributed by atoms with van der Waals surface area (Å²) in [5, 5.41) is 8.53. The maximum atomic E-state index is 11.8. The predicted molar refractivity (Wildman–Crippen MR) is 141 cm³/mol. The summed E-state index contributed by atoms with van der Waals surface area (Å²) < 4.78 is 2.11. The van der Waals surface area contributed by atoms with Crippen LogP contribution in [0.3, 0.4) is 0 Å². The summed E-state index contributed by atoms with van der Waals surface area (Å²) in [4.78, 5) is 11.8. The van der Waals surface area contributed by atoms with Crippen molar-refractivity contribution in [3.05, 3.63) is 25.2 Å². The van der Waals surface area contributed by atoms with Gasteiger partial charge in [-0.1, -0.05) is 93.7 Å². The van der Waals surface area contributed by atoms with Crippen molar-refractivity contribution in [2.24, 2.45) is 16.7 Å². The quantitative estimate of drug-likeness (QED) is 0.364. The Balaban J connectivity index is -0.000000447. The van der Waals surface area contributed by atoms with Crippen LogP contribution in [0.5, 0.6) is 0 Å². The largest absolute Gasteiger partial charge is 0.344 e. The molecule has 0 fully saturated rings. The van der Waals surface area contributed by atoms with E-state index in [4.69, 9.17) is 0 Å². The number of fused-ring (bicyclic) bond motifs is 1. The van der Waals surface area contributed by atoms with Crippen LogP contribution in [0.25, 0.3) is 0 Å². The van der Waals surface area contributed by atoms with Gasteiger partial charge in [0.05, 0.1) is 11.4 Å². The molecule has 0 bridgehead atoms. The molecule has 1 aromatic rings. The second-order valence-electron chi connectivity index (χ2n) is 10.7. The molecule has 0 aliphatic heterocycles. The first-order valence-corrected chi connectivity index (χ1v) is 12.9. The van der Waals surface area contributed by atoms with E-state index in [0.717, 1.165) is 32.2 Å².